The van der Waals surface area contributed by atoms with Gasteiger partial charge in [0.25, 0.3) is 0 Å². The smallest absolute Gasteiger partial charge is 0.336 e. The molecule has 0 atom stereocenters. The Kier molecular flexibility index (Phi) is 3.99. The lowest BCUT2D eigenvalue weighted by Gasteiger charge is -2.00. The largest absolute Gasteiger partial charge is 0.478 e. The fourth-order valence-electron chi connectivity index (χ4n) is 1.76. The van der Waals surface area contributed by atoms with Gasteiger partial charge >= 0.3 is 5.97 Å². The molecule has 0 fully saturated rings. The van der Waals surface area contributed by atoms with Crippen LogP contribution < -0.4 is 0 Å². The Morgan fingerprint density at radius 1 is 1.14 bits per heavy atom. The zero-order valence-corrected chi connectivity index (χ0v) is 13.5. The van der Waals surface area contributed by atoms with Gasteiger partial charge in [-0.3, -0.25) is 0 Å². The van der Waals surface area contributed by atoms with E-state index in [0.29, 0.717) is 10.0 Å². The molecular formula is C14H7Cl2NO2S2. The molecule has 7 heteroatoms. The maximum atomic E-state index is 10.9. The second-order valence-corrected chi connectivity index (χ2v) is 6.78. The third-order valence-electron chi connectivity index (χ3n) is 2.76. The first kappa shape index (κ1) is 14.5. The van der Waals surface area contributed by atoms with Gasteiger partial charge < -0.3 is 5.11 Å². The number of thiophene rings is 1. The van der Waals surface area contributed by atoms with E-state index < -0.39 is 5.97 Å². The first-order valence-electron chi connectivity index (χ1n) is 5.78. The molecule has 1 aromatic carbocycles. The van der Waals surface area contributed by atoms with Crippen LogP contribution >= 0.6 is 45.9 Å². The van der Waals surface area contributed by atoms with Crippen molar-refractivity contribution in [2.24, 2.45) is 0 Å². The molecule has 2 heterocycles. The highest BCUT2D eigenvalue weighted by Crippen LogP contribution is 2.36. The molecule has 0 bridgehead atoms. The summed E-state index contributed by atoms with van der Waals surface area (Å²) in [5.41, 5.74) is 1.83. The van der Waals surface area contributed by atoms with Crippen molar-refractivity contribution in [2.45, 2.75) is 0 Å². The van der Waals surface area contributed by atoms with E-state index in [1.165, 1.54) is 22.7 Å². The van der Waals surface area contributed by atoms with Crippen LogP contribution in [0.25, 0.3) is 21.1 Å². The van der Waals surface area contributed by atoms with Gasteiger partial charge in [0.15, 0.2) is 0 Å². The van der Waals surface area contributed by atoms with E-state index in [-0.39, 0.29) is 5.56 Å². The second kappa shape index (κ2) is 5.77. The van der Waals surface area contributed by atoms with Gasteiger partial charge in [-0.25, -0.2) is 9.78 Å². The van der Waals surface area contributed by atoms with E-state index in [2.05, 4.69) is 4.98 Å². The Hall–Kier alpha value is -1.40. The van der Waals surface area contributed by atoms with E-state index in [4.69, 9.17) is 28.3 Å². The molecule has 21 heavy (non-hydrogen) atoms. The molecule has 0 aliphatic carbocycles. The number of benzene rings is 1. The molecule has 0 aliphatic heterocycles. The number of carbonyl (C=O) groups is 1. The average Bonchev–Trinajstić information content (AvgIpc) is 3.07. The molecule has 3 aromatic rings. The molecule has 1 N–H and O–H groups in total. The average molecular weight is 356 g/mol. The molecule has 3 rings (SSSR count). The Morgan fingerprint density at radius 3 is 2.62 bits per heavy atom. The lowest BCUT2D eigenvalue weighted by molar-refractivity contribution is 0.0697. The molecule has 0 saturated heterocycles. The van der Waals surface area contributed by atoms with Crippen molar-refractivity contribution >= 4 is 51.8 Å². The first-order chi connectivity index (χ1) is 10.0. The summed E-state index contributed by atoms with van der Waals surface area (Å²) in [5.74, 6) is -0.936. The van der Waals surface area contributed by atoms with Crippen molar-refractivity contribution in [3.63, 3.8) is 0 Å². The summed E-state index contributed by atoms with van der Waals surface area (Å²) < 4.78 is 0. The van der Waals surface area contributed by atoms with Crippen LogP contribution in [0.4, 0.5) is 0 Å². The van der Waals surface area contributed by atoms with Crippen LogP contribution in [0.2, 0.25) is 10.0 Å². The number of aromatic nitrogens is 1. The first-order valence-corrected chi connectivity index (χ1v) is 8.29. The summed E-state index contributed by atoms with van der Waals surface area (Å²) >= 11 is 14.9. The van der Waals surface area contributed by atoms with Crippen LogP contribution in [0.5, 0.6) is 0 Å². The highest BCUT2D eigenvalue weighted by molar-refractivity contribution is 7.15. The number of rotatable bonds is 3. The van der Waals surface area contributed by atoms with Crippen LogP contribution in [-0.4, -0.2) is 16.1 Å². The number of nitrogens with zero attached hydrogens (tertiary/aromatic N) is 1. The third kappa shape index (κ3) is 2.96. The van der Waals surface area contributed by atoms with E-state index >= 15 is 0 Å². The van der Waals surface area contributed by atoms with Crippen molar-refractivity contribution in [1.82, 2.24) is 4.98 Å². The predicted octanol–water partition coefficient (Wildman–Crippen LogP) is 5.54. The second-order valence-electron chi connectivity index (χ2n) is 4.17. The van der Waals surface area contributed by atoms with Crippen molar-refractivity contribution in [1.29, 1.82) is 0 Å². The maximum Gasteiger partial charge on any atom is 0.336 e. The van der Waals surface area contributed by atoms with Crippen LogP contribution in [-0.2, 0) is 0 Å². The standard InChI is InChI=1S/C14H7Cl2NO2S2/c15-8-1-2-9(10(16)4-8)13-17-11(6-21-13)12-3-7(5-20-12)14(18)19/h1-6H,(H,18,19). The van der Waals surface area contributed by atoms with E-state index in [1.54, 1.807) is 23.6 Å². The van der Waals surface area contributed by atoms with Gasteiger partial charge in [-0.15, -0.1) is 22.7 Å². The van der Waals surface area contributed by atoms with Gasteiger partial charge in [0.2, 0.25) is 0 Å². The topological polar surface area (TPSA) is 50.2 Å². The van der Waals surface area contributed by atoms with E-state index in [9.17, 15) is 4.79 Å². The molecule has 106 valence electrons. The number of hydrogen-bond acceptors (Lipinski definition) is 4. The molecule has 0 radical (unpaired) electrons. The van der Waals surface area contributed by atoms with Gasteiger partial charge in [0.05, 0.1) is 21.2 Å². The van der Waals surface area contributed by atoms with Crippen LogP contribution in [0.15, 0.2) is 35.0 Å². The van der Waals surface area contributed by atoms with E-state index in [0.717, 1.165) is 21.1 Å². The monoisotopic (exact) mass is 355 g/mol. The molecule has 0 saturated carbocycles. The third-order valence-corrected chi connectivity index (χ3v) is 5.14. The Balaban J connectivity index is 1.97. The van der Waals surface area contributed by atoms with Crippen molar-refractivity contribution in [2.75, 3.05) is 0 Å². The molecule has 2 aromatic heterocycles. The molecule has 0 aliphatic rings. The van der Waals surface area contributed by atoms with Gasteiger partial charge in [-0.05, 0) is 24.3 Å². The summed E-state index contributed by atoms with van der Waals surface area (Å²) in [4.78, 5) is 16.2. The van der Waals surface area contributed by atoms with Crippen molar-refractivity contribution in [3.05, 3.63) is 50.6 Å². The highest BCUT2D eigenvalue weighted by Gasteiger charge is 2.13. The lowest BCUT2D eigenvalue weighted by Crippen LogP contribution is -1.91. The number of thiazole rings is 1. The summed E-state index contributed by atoms with van der Waals surface area (Å²) in [6.45, 7) is 0. The number of aromatic carboxylic acids is 1. The van der Waals surface area contributed by atoms with Crippen LogP contribution in [0, 0.1) is 0 Å². The van der Waals surface area contributed by atoms with Crippen molar-refractivity contribution < 1.29 is 9.90 Å². The zero-order valence-electron chi connectivity index (χ0n) is 10.3. The zero-order chi connectivity index (χ0) is 15.0. The van der Waals surface area contributed by atoms with E-state index in [1.807, 2.05) is 11.4 Å². The molecule has 0 unspecified atom stereocenters. The number of halogens is 2. The summed E-state index contributed by atoms with van der Waals surface area (Å²) in [6, 6.07) is 6.88. The highest BCUT2D eigenvalue weighted by atomic mass is 35.5. The fourth-order valence-corrected chi connectivity index (χ4v) is 4.09. The Labute approximate surface area is 138 Å². The minimum Gasteiger partial charge on any atom is -0.478 e. The molecular weight excluding hydrogens is 349 g/mol. The van der Waals surface area contributed by atoms with Gasteiger partial charge in [0, 0.05) is 21.3 Å². The van der Waals surface area contributed by atoms with Crippen molar-refractivity contribution in [3.8, 4) is 21.1 Å². The Morgan fingerprint density at radius 2 is 1.95 bits per heavy atom. The van der Waals surface area contributed by atoms with Gasteiger partial charge in [-0.1, -0.05) is 23.2 Å². The van der Waals surface area contributed by atoms with Gasteiger partial charge in [0.1, 0.15) is 5.01 Å². The van der Waals surface area contributed by atoms with Crippen LogP contribution in [0.1, 0.15) is 10.4 Å². The van der Waals surface area contributed by atoms with Gasteiger partial charge in [-0.2, -0.15) is 0 Å². The Bertz CT molecular complexity index is 826. The number of carboxylic acid groups (broad SMARTS) is 1. The lowest BCUT2D eigenvalue weighted by atomic mass is 10.2. The number of hydrogen-bond donors (Lipinski definition) is 1. The predicted molar refractivity (Wildman–Crippen MR) is 87.8 cm³/mol. The quantitative estimate of drug-likeness (QED) is 0.670. The summed E-state index contributed by atoms with van der Waals surface area (Å²) in [6.07, 6.45) is 0. The van der Waals surface area contributed by atoms with Crippen LogP contribution in [0.3, 0.4) is 0 Å². The molecule has 0 spiro atoms. The minimum atomic E-state index is -0.936. The SMILES string of the molecule is O=C(O)c1csc(-c2csc(-c3ccc(Cl)cc3Cl)n2)c1. The minimum absolute atomic E-state index is 0.272. The number of carboxylic acids is 1. The fraction of sp³-hybridized carbons (Fsp3) is 0. The summed E-state index contributed by atoms with van der Waals surface area (Å²) in [7, 11) is 0. The molecule has 3 nitrogen and oxygen atoms in total. The maximum absolute atomic E-state index is 10.9. The summed E-state index contributed by atoms with van der Waals surface area (Å²) in [5, 5.41) is 14.3. The normalized spacial score (nSPS) is 10.8. The molecule has 0 amide bonds.